The zero-order valence-electron chi connectivity index (χ0n) is 10.6. The fourth-order valence-electron chi connectivity index (χ4n) is 0.849. The summed E-state index contributed by atoms with van der Waals surface area (Å²) in [5.74, 6) is 0.515. The van der Waals surface area contributed by atoms with Crippen LogP contribution in [0.2, 0.25) is 0 Å². The minimum absolute atomic E-state index is 0.168. The van der Waals surface area contributed by atoms with Crippen molar-refractivity contribution < 1.29 is 19.1 Å². The van der Waals surface area contributed by atoms with E-state index in [9.17, 15) is 9.59 Å². The van der Waals surface area contributed by atoms with Gasteiger partial charge in [-0.15, -0.1) is 0 Å². The molecule has 0 aromatic rings. The third-order valence-electron chi connectivity index (χ3n) is 1.66. The molecule has 18 heavy (non-hydrogen) atoms. The molecular weight excluding hydrogens is 272 g/mol. The lowest BCUT2D eigenvalue weighted by molar-refractivity contribution is -0.142. The summed E-state index contributed by atoms with van der Waals surface area (Å²) in [6.45, 7) is 10.3. The number of hydrogen-bond acceptors (Lipinski definition) is 6. The maximum Gasteiger partial charge on any atom is 0.330 e. The Morgan fingerprint density at radius 2 is 1.33 bits per heavy atom. The summed E-state index contributed by atoms with van der Waals surface area (Å²) >= 11 is 0. The molecule has 0 saturated heterocycles. The lowest BCUT2D eigenvalue weighted by Gasteiger charge is -2.13. The van der Waals surface area contributed by atoms with Crippen molar-refractivity contribution in [2.75, 3.05) is 11.5 Å². The van der Waals surface area contributed by atoms with Gasteiger partial charge in [0, 0.05) is 23.7 Å². The number of carbonyl (C=O) groups excluding carboxylic acids is 2. The van der Waals surface area contributed by atoms with Crippen molar-refractivity contribution in [1.82, 2.24) is 0 Å². The molecule has 2 unspecified atom stereocenters. The van der Waals surface area contributed by atoms with E-state index < -0.39 is 11.9 Å². The molecule has 0 aliphatic heterocycles. The SMILES string of the molecule is C=CC(=O)OC(C)CSSCC(C)OC(=O)C=C. The Morgan fingerprint density at radius 3 is 1.61 bits per heavy atom. The van der Waals surface area contributed by atoms with E-state index >= 15 is 0 Å². The average Bonchev–Trinajstić information content (AvgIpc) is 2.34. The normalized spacial score (nSPS) is 13.2. The molecule has 4 nitrogen and oxygen atoms in total. The summed E-state index contributed by atoms with van der Waals surface area (Å²) in [6.07, 6.45) is 1.95. The van der Waals surface area contributed by atoms with Gasteiger partial charge >= 0.3 is 11.9 Å². The molecule has 0 saturated carbocycles. The molecule has 0 heterocycles. The van der Waals surface area contributed by atoms with Crippen molar-refractivity contribution in [2.24, 2.45) is 0 Å². The third kappa shape index (κ3) is 9.18. The summed E-state index contributed by atoms with van der Waals surface area (Å²) in [7, 11) is 3.13. The first-order chi connectivity index (χ1) is 8.49. The maximum atomic E-state index is 10.9. The molecule has 102 valence electrons. The summed E-state index contributed by atoms with van der Waals surface area (Å²) in [5.41, 5.74) is 0. The van der Waals surface area contributed by atoms with E-state index in [0.717, 1.165) is 12.2 Å². The fourth-order valence-corrected chi connectivity index (χ4v) is 3.29. The minimum Gasteiger partial charge on any atom is -0.459 e. The van der Waals surface area contributed by atoms with Gasteiger partial charge in [0.05, 0.1) is 0 Å². The van der Waals surface area contributed by atoms with Gasteiger partial charge in [-0.1, -0.05) is 34.7 Å². The maximum absolute atomic E-state index is 10.9. The first-order valence-corrected chi connectivity index (χ1v) is 7.88. The summed E-state index contributed by atoms with van der Waals surface area (Å²) < 4.78 is 10.00. The highest BCUT2D eigenvalue weighted by atomic mass is 33.1. The number of carbonyl (C=O) groups is 2. The van der Waals surface area contributed by atoms with Crippen molar-refractivity contribution >= 4 is 33.5 Å². The quantitative estimate of drug-likeness (QED) is 0.281. The van der Waals surface area contributed by atoms with Crippen LogP contribution in [0.1, 0.15) is 13.8 Å². The molecule has 0 spiro atoms. The smallest absolute Gasteiger partial charge is 0.330 e. The first kappa shape index (κ1) is 17.1. The largest absolute Gasteiger partial charge is 0.459 e. The van der Waals surface area contributed by atoms with Crippen molar-refractivity contribution in [3.63, 3.8) is 0 Å². The van der Waals surface area contributed by atoms with E-state index in [1.54, 1.807) is 21.6 Å². The van der Waals surface area contributed by atoms with Crippen LogP contribution in [0.25, 0.3) is 0 Å². The highest BCUT2D eigenvalue weighted by molar-refractivity contribution is 8.76. The molecule has 0 aliphatic carbocycles. The van der Waals surface area contributed by atoms with Gasteiger partial charge in [0.15, 0.2) is 0 Å². The number of rotatable bonds is 9. The van der Waals surface area contributed by atoms with Crippen LogP contribution in [0, 0.1) is 0 Å². The van der Waals surface area contributed by atoms with Gasteiger partial charge in [-0.05, 0) is 13.8 Å². The summed E-state index contributed by atoms with van der Waals surface area (Å²) in [6, 6.07) is 0. The van der Waals surface area contributed by atoms with E-state index in [0.29, 0.717) is 11.5 Å². The predicted octanol–water partition coefficient (Wildman–Crippen LogP) is 2.60. The molecule has 2 atom stereocenters. The predicted molar refractivity (Wildman–Crippen MR) is 76.4 cm³/mol. The molecule has 0 rings (SSSR count). The van der Waals surface area contributed by atoms with Crippen LogP contribution in [-0.2, 0) is 19.1 Å². The lowest BCUT2D eigenvalue weighted by Crippen LogP contribution is -2.16. The van der Waals surface area contributed by atoms with Gasteiger partial charge < -0.3 is 9.47 Å². The van der Waals surface area contributed by atoms with Crippen molar-refractivity contribution in [1.29, 1.82) is 0 Å². The fraction of sp³-hybridized carbons (Fsp3) is 0.500. The summed E-state index contributed by atoms with van der Waals surface area (Å²) in [4.78, 5) is 21.8. The van der Waals surface area contributed by atoms with Crippen LogP contribution >= 0.6 is 21.6 Å². The van der Waals surface area contributed by atoms with Gasteiger partial charge in [0.2, 0.25) is 0 Å². The molecule has 0 amide bonds. The Kier molecular flexibility index (Phi) is 9.59. The molecule has 0 aliphatic rings. The van der Waals surface area contributed by atoms with Gasteiger partial charge in [-0.2, -0.15) is 0 Å². The molecule has 6 heteroatoms. The number of hydrogen-bond donors (Lipinski definition) is 0. The van der Waals surface area contributed by atoms with Crippen LogP contribution in [0.5, 0.6) is 0 Å². The molecule has 0 aromatic heterocycles. The Morgan fingerprint density at radius 1 is 1.00 bits per heavy atom. The van der Waals surface area contributed by atoms with Gasteiger partial charge in [0.1, 0.15) is 12.2 Å². The standard InChI is InChI=1S/C12H18O4S2/c1-5-11(13)15-9(3)7-17-18-8-10(4)16-12(14)6-2/h5-6,9-10H,1-2,7-8H2,3-4H3. The molecule has 0 fully saturated rings. The molecule has 0 bridgehead atoms. The average molecular weight is 290 g/mol. The highest BCUT2D eigenvalue weighted by Crippen LogP contribution is 2.24. The van der Waals surface area contributed by atoms with Gasteiger partial charge in [-0.25, -0.2) is 9.59 Å². The second kappa shape index (κ2) is 10.1. The van der Waals surface area contributed by atoms with E-state index in [4.69, 9.17) is 9.47 Å². The number of ether oxygens (including phenoxy) is 2. The van der Waals surface area contributed by atoms with E-state index in [1.165, 1.54) is 0 Å². The van der Waals surface area contributed by atoms with Gasteiger partial charge in [-0.3, -0.25) is 0 Å². The van der Waals surface area contributed by atoms with Crippen LogP contribution in [0.3, 0.4) is 0 Å². The Bertz CT molecular complexity index is 274. The van der Waals surface area contributed by atoms with Crippen LogP contribution in [0.4, 0.5) is 0 Å². The van der Waals surface area contributed by atoms with E-state index in [1.807, 2.05) is 13.8 Å². The summed E-state index contributed by atoms with van der Waals surface area (Å²) in [5, 5.41) is 0. The first-order valence-electron chi connectivity index (χ1n) is 5.40. The Hall–Kier alpha value is -0.880. The second-order valence-electron chi connectivity index (χ2n) is 3.47. The van der Waals surface area contributed by atoms with E-state index in [2.05, 4.69) is 13.2 Å². The molecular formula is C12H18O4S2. The van der Waals surface area contributed by atoms with Gasteiger partial charge in [0.25, 0.3) is 0 Å². The van der Waals surface area contributed by atoms with Crippen molar-refractivity contribution in [3.05, 3.63) is 25.3 Å². The second-order valence-corrected chi connectivity index (χ2v) is 6.02. The highest BCUT2D eigenvalue weighted by Gasteiger charge is 2.09. The van der Waals surface area contributed by atoms with Crippen molar-refractivity contribution in [3.8, 4) is 0 Å². The molecule has 0 radical (unpaired) electrons. The Balaban J connectivity index is 3.60. The van der Waals surface area contributed by atoms with E-state index in [-0.39, 0.29) is 12.2 Å². The zero-order chi connectivity index (χ0) is 14.0. The molecule has 0 N–H and O–H groups in total. The number of esters is 2. The monoisotopic (exact) mass is 290 g/mol. The van der Waals surface area contributed by atoms with Crippen molar-refractivity contribution in [2.45, 2.75) is 26.1 Å². The van der Waals surface area contributed by atoms with Crippen LogP contribution in [-0.4, -0.2) is 35.7 Å². The van der Waals surface area contributed by atoms with Crippen LogP contribution < -0.4 is 0 Å². The third-order valence-corrected chi connectivity index (χ3v) is 4.35. The Labute approximate surface area is 116 Å². The molecule has 0 aromatic carbocycles. The van der Waals surface area contributed by atoms with Crippen LogP contribution in [0.15, 0.2) is 25.3 Å². The topological polar surface area (TPSA) is 52.6 Å². The minimum atomic E-state index is -0.415. The zero-order valence-corrected chi connectivity index (χ0v) is 12.2. The lowest BCUT2D eigenvalue weighted by atomic mass is 10.5.